The molecular weight excluding hydrogens is 322 g/mol. The Bertz CT molecular complexity index is 815. The predicted octanol–water partition coefficient (Wildman–Crippen LogP) is 2.98. The van der Waals surface area contributed by atoms with Crippen molar-refractivity contribution < 1.29 is 13.2 Å². The Morgan fingerprint density at radius 3 is 2.83 bits per heavy atom. The summed E-state index contributed by atoms with van der Waals surface area (Å²) in [5.41, 5.74) is 4.24. The van der Waals surface area contributed by atoms with E-state index in [1.807, 2.05) is 43.3 Å². The van der Waals surface area contributed by atoms with Gasteiger partial charge in [0.05, 0.1) is 12.4 Å². The highest BCUT2D eigenvalue weighted by Gasteiger charge is 2.13. The molecule has 5 heteroatoms. The number of aryl methyl sites for hydroxylation is 2. The van der Waals surface area contributed by atoms with Gasteiger partial charge >= 0.3 is 0 Å². The first-order valence-corrected chi connectivity index (χ1v) is 9.94. The van der Waals surface area contributed by atoms with E-state index in [1.165, 1.54) is 5.56 Å². The second-order valence-corrected chi connectivity index (χ2v) is 8.09. The first kappa shape index (κ1) is 17.0. The lowest BCUT2D eigenvalue weighted by Gasteiger charge is -2.18. The van der Waals surface area contributed by atoms with Crippen molar-refractivity contribution in [1.82, 2.24) is 4.72 Å². The van der Waals surface area contributed by atoms with Gasteiger partial charge in [-0.25, -0.2) is 13.1 Å². The molecule has 128 valence electrons. The SMILES string of the molecule is Cc1cccc(CS(=O)(=O)NCCc2ccc3c(c2)CCCO3)c1. The number of hydrogen-bond acceptors (Lipinski definition) is 3. The van der Waals surface area contributed by atoms with Gasteiger partial charge < -0.3 is 4.74 Å². The number of sulfonamides is 1. The Morgan fingerprint density at radius 1 is 1.12 bits per heavy atom. The zero-order chi connectivity index (χ0) is 17.0. The lowest BCUT2D eigenvalue weighted by atomic mass is 10.0. The largest absolute Gasteiger partial charge is 0.493 e. The number of benzene rings is 2. The lowest BCUT2D eigenvalue weighted by Crippen LogP contribution is -2.27. The van der Waals surface area contributed by atoms with Gasteiger partial charge in [0.25, 0.3) is 0 Å². The quantitative estimate of drug-likeness (QED) is 0.876. The van der Waals surface area contributed by atoms with Crippen LogP contribution in [0, 0.1) is 6.92 Å². The molecule has 2 aromatic rings. The molecule has 0 fully saturated rings. The van der Waals surface area contributed by atoms with Crippen molar-refractivity contribution in [2.75, 3.05) is 13.2 Å². The highest BCUT2D eigenvalue weighted by Crippen LogP contribution is 2.25. The molecule has 1 aliphatic heterocycles. The first-order chi connectivity index (χ1) is 11.5. The van der Waals surface area contributed by atoms with E-state index in [9.17, 15) is 8.42 Å². The van der Waals surface area contributed by atoms with E-state index in [1.54, 1.807) is 0 Å². The highest BCUT2D eigenvalue weighted by atomic mass is 32.2. The molecule has 1 heterocycles. The zero-order valence-corrected chi connectivity index (χ0v) is 14.7. The van der Waals surface area contributed by atoms with Crippen molar-refractivity contribution in [2.24, 2.45) is 0 Å². The summed E-state index contributed by atoms with van der Waals surface area (Å²) in [7, 11) is -3.31. The monoisotopic (exact) mass is 345 g/mol. The fourth-order valence-electron chi connectivity index (χ4n) is 2.99. The zero-order valence-electron chi connectivity index (χ0n) is 13.9. The summed E-state index contributed by atoms with van der Waals surface area (Å²) in [6.07, 6.45) is 2.75. The van der Waals surface area contributed by atoms with E-state index in [-0.39, 0.29) is 5.75 Å². The van der Waals surface area contributed by atoms with Crippen LogP contribution in [0.2, 0.25) is 0 Å². The Kier molecular flexibility index (Phi) is 5.21. The summed E-state index contributed by atoms with van der Waals surface area (Å²) in [4.78, 5) is 0. The molecule has 1 aliphatic rings. The molecule has 0 spiro atoms. The van der Waals surface area contributed by atoms with Crippen molar-refractivity contribution in [3.63, 3.8) is 0 Å². The molecule has 0 atom stereocenters. The second kappa shape index (κ2) is 7.36. The topological polar surface area (TPSA) is 55.4 Å². The standard InChI is InChI=1S/C19H23NO3S/c1-15-4-2-5-17(12-15)14-24(21,22)20-10-9-16-7-8-19-18(13-16)6-3-11-23-19/h2,4-5,7-8,12-13,20H,3,6,9-11,14H2,1H3. The van der Waals surface area contributed by atoms with Crippen LogP contribution in [-0.4, -0.2) is 21.6 Å². The van der Waals surface area contributed by atoms with Crippen LogP contribution in [0.4, 0.5) is 0 Å². The molecule has 3 rings (SSSR count). The normalized spacial score (nSPS) is 14.0. The van der Waals surface area contributed by atoms with Gasteiger partial charge in [0.1, 0.15) is 5.75 Å². The number of rotatable bonds is 6. The molecule has 0 unspecified atom stereocenters. The second-order valence-electron chi connectivity index (χ2n) is 6.29. The Hall–Kier alpha value is -1.85. The minimum Gasteiger partial charge on any atom is -0.493 e. The molecule has 0 saturated carbocycles. The third-order valence-corrected chi connectivity index (χ3v) is 5.51. The molecule has 0 bridgehead atoms. The molecule has 2 aromatic carbocycles. The lowest BCUT2D eigenvalue weighted by molar-refractivity contribution is 0.288. The van der Waals surface area contributed by atoms with Crippen molar-refractivity contribution in [3.05, 3.63) is 64.7 Å². The summed E-state index contributed by atoms with van der Waals surface area (Å²) >= 11 is 0. The molecule has 1 N–H and O–H groups in total. The van der Waals surface area contributed by atoms with Crippen molar-refractivity contribution in [3.8, 4) is 5.75 Å². The maximum Gasteiger partial charge on any atom is 0.215 e. The van der Waals surface area contributed by atoms with E-state index >= 15 is 0 Å². The molecule has 0 aliphatic carbocycles. The van der Waals surface area contributed by atoms with E-state index in [4.69, 9.17) is 4.74 Å². The molecule has 0 saturated heterocycles. The number of ether oxygens (including phenoxy) is 1. The van der Waals surface area contributed by atoms with Gasteiger partial charge in [-0.05, 0) is 48.9 Å². The van der Waals surface area contributed by atoms with Gasteiger partial charge in [-0.3, -0.25) is 0 Å². The van der Waals surface area contributed by atoms with Crippen LogP contribution in [0.3, 0.4) is 0 Å². The molecule has 0 aromatic heterocycles. The molecule has 4 nitrogen and oxygen atoms in total. The fourth-order valence-corrected chi connectivity index (χ4v) is 4.13. The van der Waals surface area contributed by atoms with Gasteiger partial charge in [0.2, 0.25) is 10.0 Å². The highest BCUT2D eigenvalue weighted by molar-refractivity contribution is 7.88. The Labute approximate surface area is 143 Å². The van der Waals surface area contributed by atoms with Crippen LogP contribution in [0.5, 0.6) is 5.75 Å². The number of hydrogen-bond donors (Lipinski definition) is 1. The number of nitrogens with one attached hydrogen (secondary N) is 1. The molecule has 0 radical (unpaired) electrons. The van der Waals surface area contributed by atoms with Crippen LogP contribution in [0.1, 0.15) is 28.7 Å². The Balaban J connectivity index is 1.55. The van der Waals surface area contributed by atoms with Crippen LogP contribution >= 0.6 is 0 Å². The van der Waals surface area contributed by atoms with Crippen LogP contribution in [-0.2, 0) is 28.6 Å². The average molecular weight is 345 g/mol. The maximum absolute atomic E-state index is 12.2. The minimum atomic E-state index is -3.31. The fraction of sp³-hybridized carbons (Fsp3) is 0.368. The average Bonchev–Trinajstić information content (AvgIpc) is 2.54. The summed E-state index contributed by atoms with van der Waals surface area (Å²) in [6, 6.07) is 13.7. The van der Waals surface area contributed by atoms with Crippen molar-refractivity contribution in [1.29, 1.82) is 0 Å². The van der Waals surface area contributed by atoms with E-state index in [0.29, 0.717) is 13.0 Å². The molecular formula is C19H23NO3S. The van der Waals surface area contributed by atoms with Crippen LogP contribution in [0.15, 0.2) is 42.5 Å². The summed E-state index contributed by atoms with van der Waals surface area (Å²) in [6.45, 7) is 3.16. The van der Waals surface area contributed by atoms with Gasteiger partial charge in [0.15, 0.2) is 0 Å². The minimum absolute atomic E-state index is 0.0205. The third-order valence-electron chi connectivity index (χ3n) is 4.15. The number of fused-ring (bicyclic) bond motifs is 1. The predicted molar refractivity (Wildman–Crippen MR) is 95.8 cm³/mol. The summed E-state index contributed by atoms with van der Waals surface area (Å²) < 4.78 is 32.7. The summed E-state index contributed by atoms with van der Waals surface area (Å²) in [5.74, 6) is 0.984. The van der Waals surface area contributed by atoms with Crippen LogP contribution < -0.4 is 9.46 Å². The van der Waals surface area contributed by atoms with Gasteiger partial charge in [-0.15, -0.1) is 0 Å². The third kappa shape index (κ3) is 4.58. The molecule has 0 amide bonds. The van der Waals surface area contributed by atoms with E-state index < -0.39 is 10.0 Å². The van der Waals surface area contributed by atoms with Gasteiger partial charge in [0, 0.05) is 6.54 Å². The van der Waals surface area contributed by atoms with Crippen LogP contribution in [0.25, 0.3) is 0 Å². The molecule has 24 heavy (non-hydrogen) atoms. The maximum atomic E-state index is 12.2. The first-order valence-electron chi connectivity index (χ1n) is 8.29. The smallest absolute Gasteiger partial charge is 0.215 e. The summed E-state index contributed by atoms with van der Waals surface area (Å²) in [5, 5.41) is 0. The Morgan fingerprint density at radius 2 is 2.00 bits per heavy atom. The van der Waals surface area contributed by atoms with E-state index in [0.717, 1.165) is 41.9 Å². The van der Waals surface area contributed by atoms with Gasteiger partial charge in [-0.1, -0.05) is 42.0 Å². The van der Waals surface area contributed by atoms with Crippen molar-refractivity contribution >= 4 is 10.0 Å². The van der Waals surface area contributed by atoms with Gasteiger partial charge in [-0.2, -0.15) is 0 Å². The van der Waals surface area contributed by atoms with Crippen molar-refractivity contribution in [2.45, 2.75) is 31.9 Å². The van der Waals surface area contributed by atoms with E-state index in [2.05, 4.69) is 10.8 Å².